The van der Waals surface area contributed by atoms with Crippen molar-refractivity contribution in [3.63, 3.8) is 0 Å². The molecule has 0 aliphatic heterocycles. The fraction of sp³-hybridized carbons (Fsp3) is 1.00. The van der Waals surface area contributed by atoms with Gasteiger partial charge in [0.1, 0.15) is 0 Å². The summed E-state index contributed by atoms with van der Waals surface area (Å²) in [6, 6.07) is 0.796. The number of nitrogens with one attached hydrogen (secondary N) is 1. The summed E-state index contributed by atoms with van der Waals surface area (Å²) in [5.41, 5.74) is 0. The zero-order chi connectivity index (χ0) is 10.6. The lowest BCUT2D eigenvalue weighted by Crippen LogP contribution is -2.37. The molecule has 1 N–H and O–H groups in total. The predicted octanol–water partition coefficient (Wildman–Crippen LogP) is 3.45. The van der Waals surface area contributed by atoms with Crippen LogP contribution in [0.15, 0.2) is 0 Å². The number of hydrogen-bond donors (Lipinski definition) is 1. The third-order valence-electron chi connectivity index (χ3n) is 3.62. The van der Waals surface area contributed by atoms with E-state index >= 15 is 0 Å². The highest BCUT2D eigenvalue weighted by Gasteiger charge is 2.40. The molecule has 0 bridgehead atoms. The average molecular weight is 197 g/mol. The van der Waals surface area contributed by atoms with Crippen LogP contribution in [-0.2, 0) is 0 Å². The summed E-state index contributed by atoms with van der Waals surface area (Å²) in [5, 5.41) is 3.75. The van der Waals surface area contributed by atoms with Crippen LogP contribution in [0.25, 0.3) is 0 Å². The Morgan fingerprint density at radius 2 is 1.93 bits per heavy atom. The fourth-order valence-corrected chi connectivity index (χ4v) is 2.57. The molecule has 4 atom stereocenters. The van der Waals surface area contributed by atoms with E-state index in [2.05, 4.69) is 33.0 Å². The molecule has 0 aromatic rings. The van der Waals surface area contributed by atoms with E-state index in [4.69, 9.17) is 0 Å². The summed E-state index contributed by atoms with van der Waals surface area (Å²) < 4.78 is 0. The molecular formula is C13H27N. The second-order valence-electron chi connectivity index (χ2n) is 5.12. The Bertz CT molecular complexity index is 155. The van der Waals surface area contributed by atoms with Crippen LogP contribution >= 0.6 is 0 Å². The van der Waals surface area contributed by atoms with Gasteiger partial charge < -0.3 is 5.32 Å². The maximum Gasteiger partial charge on any atom is 0.0124 e. The van der Waals surface area contributed by atoms with E-state index in [0.29, 0.717) is 0 Å². The van der Waals surface area contributed by atoms with Gasteiger partial charge in [-0.25, -0.2) is 0 Å². The van der Waals surface area contributed by atoms with Gasteiger partial charge in [-0.2, -0.15) is 0 Å². The van der Waals surface area contributed by atoms with Crippen molar-refractivity contribution in [2.45, 2.75) is 59.4 Å². The van der Waals surface area contributed by atoms with Crippen LogP contribution < -0.4 is 5.32 Å². The first-order chi connectivity index (χ1) is 6.70. The highest BCUT2D eigenvalue weighted by molar-refractivity contribution is 4.94. The summed E-state index contributed by atoms with van der Waals surface area (Å²) in [4.78, 5) is 0. The van der Waals surface area contributed by atoms with Crippen molar-refractivity contribution in [2.24, 2.45) is 17.8 Å². The number of rotatable bonds is 7. The Balaban J connectivity index is 2.35. The van der Waals surface area contributed by atoms with E-state index in [1.807, 2.05) is 0 Å². The predicted molar refractivity (Wildman–Crippen MR) is 63.4 cm³/mol. The second kappa shape index (κ2) is 5.75. The summed E-state index contributed by atoms with van der Waals surface area (Å²) >= 11 is 0. The van der Waals surface area contributed by atoms with Gasteiger partial charge in [-0.15, -0.1) is 0 Å². The standard InChI is InChI=1S/C13H27N/c1-5-7-10(3)13(14-8-6-2)12-9-11(12)4/h10-14H,5-9H2,1-4H3. The first kappa shape index (κ1) is 12.0. The minimum Gasteiger partial charge on any atom is -0.313 e. The van der Waals surface area contributed by atoms with Gasteiger partial charge in [0.05, 0.1) is 0 Å². The summed E-state index contributed by atoms with van der Waals surface area (Å²) in [6.07, 6.45) is 5.42. The highest BCUT2D eigenvalue weighted by Crippen LogP contribution is 2.43. The molecule has 84 valence electrons. The molecule has 0 spiro atoms. The van der Waals surface area contributed by atoms with Gasteiger partial charge >= 0.3 is 0 Å². The van der Waals surface area contributed by atoms with Crippen molar-refractivity contribution in [2.75, 3.05) is 6.54 Å². The van der Waals surface area contributed by atoms with Crippen LogP contribution in [0.5, 0.6) is 0 Å². The lowest BCUT2D eigenvalue weighted by atomic mass is 9.92. The van der Waals surface area contributed by atoms with Crippen molar-refractivity contribution in [3.05, 3.63) is 0 Å². The molecule has 0 saturated heterocycles. The van der Waals surface area contributed by atoms with E-state index < -0.39 is 0 Å². The first-order valence-corrected chi connectivity index (χ1v) is 6.44. The highest BCUT2D eigenvalue weighted by atomic mass is 14.9. The Labute approximate surface area is 89.7 Å². The van der Waals surface area contributed by atoms with Crippen LogP contribution in [-0.4, -0.2) is 12.6 Å². The molecule has 1 rings (SSSR count). The maximum atomic E-state index is 3.75. The van der Waals surface area contributed by atoms with E-state index in [9.17, 15) is 0 Å². The molecule has 14 heavy (non-hydrogen) atoms. The van der Waals surface area contributed by atoms with Gasteiger partial charge in [0.2, 0.25) is 0 Å². The minimum absolute atomic E-state index is 0.796. The van der Waals surface area contributed by atoms with Gasteiger partial charge in [-0.05, 0) is 43.6 Å². The monoisotopic (exact) mass is 197 g/mol. The Morgan fingerprint density at radius 1 is 1.29 bits per heavy atom. The quantitative estimate of drug-likeness (QED) is 0.659. The number of hydrogen-bond acceptors (Lipinski definition) is 1. The van der Waals surface area contributed by atoms with Gasteiger partial charge in [-0.1, -0.05) is 34.1 Å². The lowest BCUT2D eigenvalue weighted by molar-refractivity contribution is 0.314. The van der Waals surface area contributed by atoms with Crippen molar-refractivity contribution < 1.29 is 0 Å². The molecule has 0 radical (unpaired) electrons. The maximum absolute atomic E-state index is 3.75. The van der Waals surface area contributed by atoms with E-state index in [1.54, 1.807) is 0 Å². The minimum atomic E-state index is 0.796. The van der Waals surface area contributed by atoms with Crippen LogP contribution in [0, 0.1) is 17.8 Å². The molecule has 1 nitrogen and oxygen atoms in total. The van der Waals surface area contributed by atoms with Crippen LogP contribution in [0.1, 0.15) is 53.4 Å². The first-order valence-electron chi connectivity index (χ1n) is 6.44. The van der Waals surface area contributed by atoms with E-state index in [0.717, 1.165) is 23.8 Å². The smallest absolute Gasteiger partial charge is 0.0124 e. The molecule has 1 aliphatic rings. The molecule has 4 unspecified atom stereocenters. The molecule has 1 fully saturated rings. The molecule has 1 aliphatic carbocycles. The van der Waals surface area contributed by atoms with Crippen molar-refractivity contribution in [3.8, 4) is 0 Å². The zero-order valence-electron chi connectivity index (χ0n) is 10.3. The summed E-state index contributed by atoms with van der Waals surface area (Å²) in [5.74, 6) is 2.81. The molecule has 0 aromatic heterocycles. The van der Waals surface area contributed by atoms with E-state index in [1.165, 1.54) is 32.2 Å². The third-order valence-corrected chi connectivity index (χ3v) is 3.62. The van der Waals surface area contributed by atoms with Gasteiger partial charge in [-0.3, -0.25) is 0 Å². The molecule has 0 heterocycles. The molecule has 1 saturated carbocycles. The fourth-order valence-electron chi connectivity index (χ4n) is 2.57. The summed E-state index contributed by atoms with van der Waals surface area (Å²) in [6.45, 7) is 10.6. The van der Waals surface area contributed by atoms with Gasteiger partial charge in [0.15, 0.2) is 0 Å². The SMILES string of the molecule is CCCNC(C(C)CCC)C1CC1C. The average Bonchev–Trinajstić information content (AvgIpc) is 2.84. The molecular weight excluding hydrogens is 170 g/mol. The van der Waals surface area contributed by atoms with Crippen LogP contribution in [0.2, 0.25) is 0 Å². The molecule has 0 aromatic carbocycles. The van der Waals surface area contributed by atoms with Crippen molar-refractivity contribution in [1.29, 1.82) is 0 Å². The second-order valence-corrected chi connectivity index (χ2v) is 5.12. The van der Waals surface area contributed by atoms with Crippen LogP contribution in [0.4, 0.5) is 0 Å². The van der Waals surface area contributed by atoms with Gasteiger partial charge in [0, 0.05) is 6.04 Å². The topological polar surface area (TPSA) is 12.0 Å². The van der Waals surface area contributed by atoms with Crippen molar-refractivity contribution in [1.82, 2.24) is 5.32 Å². The third kappa shape index (κ3) is 3.27. The van der Waals surface area contributed by atoms with Crippen molar-refractivity contribution >= 4 is 0 Å². The Morgan fingerprint density at radius 3 is 2.36 bits per heavy atom. The normalized spacial score (nSPS) is 30.0. The van der Waals surface area contributed by atoms with E-state index in [-0.39, 0.29) is 0 Å². The largest absolute Gasteiger partial charge is 0.313 e. The van der Waals surface area contributed by atoms with Gasteiger partial charge in [0.25, 0.3) is 0 Å². The van der Waals surface area contributed by atoms with Crippen LogP contribution in [0.3, 0.4) is 0 Å². The lowest BCUT2D eigenvalue weighted by Gasteiger charge is -2.25. The Hall–Kier alpha value is -0.0400. The summed E-state index contributed by atoms with van der Waals surface area (Å²) in [7, 11) is 0. The zero-order valence-corrected chi connectivity index (χ0v) is 10.3. The molecule has 1 heteroatoms. The molecule has 0 amide bonds. The Kier molecular flexibility index (Phi) is 4.94.